The monoisotopic (exact) mass is 309 g/mol. The van der Waals surface area contributed by atoms with Crippen LogP contribution >= 0.6 is 23.2 Å². The molecular formula is C15H13Cl2NO2. The Kier molecular flexibility index (Phi) is 4.53. The molecule has 2 aromatic carbocycles. The molecule has 20 heavy (non-hydrogen) atoms. The predicted molar refractivity (Wildman–Crippen MR) is 81.6 cm³/mol. The summed E-state index contributed by atoms with van der Waals surface area (Å²) in [6.07, 6.45) is 0.0489. The molecule has 2 rings (SSSR count). The molecule has 5 heteroatoms. The Labute approximate surface area is 127 Å². The van der Waals surface area contributed by atoms with Gasteiger partial charge in [-0.3, -0.25) is 4.79 Å². The Bertz CT molecular complexity index is 656. The number of hydrogen-bond donors (Lipinski definition) is 2. The molecular weight excluding hydrogens is 297 g/mol. The van der Waals surface area contributed by atoms with Crippen molar-refractivity contribution in [1.29, 1.82) is 0 Å². The van der Waals surface area contributed by atoms with Gasteiger partial charge in [-0.2, -0.15) is 0 Å². The summed E-state index contributed by atoms with van der Waals surface area (Å²) in [4.78, 5) is 12.0. The highest BCUT2D eigenvalue weighted by Gasteiger charge is 2.13. The van der Waals surface area contributed by atoms with Gasteiger partial charge in [-0.25, -0.2) is 0 Å². The lowest BCUT2D eigenvalue weighted by atomic mass is 10.1. The summed E-state index contributed by atoms with van der Waals surface area (Å²) < 4.78 is 0. The fourth-order valence-electron chi connectivity index (χ4n) is 1.79. The number of para-hydroxylation sites is 1. The topological polar surface area (TPSA) is 49.3 Å². The Morgan fingerprint density at radius 3 is 2.60 bits per heavy atom. The highest BCUT2D eigenvalue weighted by atomic mass is 35.5. The summed E-state index contributed by atoms with van der Waals surface area (Å²) in [6, 6.07) is 10.1. The second kappa shape index (κ2) is 6.16. The van der Waals surface area contributed by atoms with E-state index in [0.717, 1.165) is 5.56 Å². The maximum Gasteiger partial charge on any atom is 0.229 e. The lowest BCUT2D eigenvalue weighted by molar-refractivity contribution is -0.115. The zero-order chi connectivity index (χ0) is 14.7. The lowest BCUT2D eigenvalue weighted by Gasteiger charge is -2.11. The van der Waals surface area contributed by atoms with Crippen LogP contribution in [0.4, 0.5) is 5.69 Å². The minimum Gasteiger partial charge on any atom is -0.508 e. The lowest BCUT2D eigenvalue weighted by Crippen LogP contribution is -2.15. The van der Waals surface area contributed by atoms with Crippen LogP contribution in [0.2, 0.25) is 10.0 Å². The minimum absolute atomic E-state index is 0.0489. The second-order valence-corrected chi connectivity index (χ2v) is 5.19. The van der Waals surface area contributed by atoms with E-state index in [1.165, 1.54) is 6.07 Å². The number of rotatable bonds is 3. The van der Waals surface area contributed by atoms with Crippen LogP contribution in [-0.2, 0) is 11.2 Å². The third-order valence-electron chi connectivity index (χ3n) is 2.89. The van der Waals surface area contributed by atoms with Gasteiger partial charge in [0.15, 0.2) is 0 Å². The number of nitrogens with one attached hydrogen (secondary N) is 1. The molecule has 0 unspecified atom stereocenters. The van der Waals surface area contributed by atoms with Crippen LogP contribution in [0.1, 0.15) is 11.1 Å². The van der Waals surface area contributed by atoms with Crippen molar-refractivity contribution in [2.45, 2.75) is 13.3 Å². The molecule has 0 heterocycles. The zero-order valence-corrected chi connectivity index (χ0v) is 12.3. The second-order valence-electron chi connectivity index (χ2n) is 4.41. The third-order valence-corrected chi connectivity index (χ3v) is 3.69. The number of carbonyl (C=O) groups is 1. The molecule has 104 valence electrons. The number of benzene rings is 2. The molecule has 0 radical (unpaired) electrons. The maximum atomic E-state index is 12.0. The van der Waals surface area contributed by atoms with Crippen molar-refractivity contribution in [3.05, 3.63) is 57.6 Å². The van der Waals surface area contributed by atoms with E-state index in [4.69, 9.17) is 23.2 Å². The van der Waals surface area contributed by atoms with E-state index in [1.54, 1.807) is 30.3 Å². The van der Waals surface area contributed by atoms with E-state index in [-0.39, 0.29) is 18.1 Å². The van der Waals surface area contributed by atoms with Gasteiger partial charge in [0.05, 0.1) is 22.2 Å². The van der Waals surface area contributed by atoms with Crippen molar-refractivity contribution < 1.29 is 9.90 Å². The summed E-state index contributed by atoms with van der Waals surface area (Å²) >= 11 is 12.2. The quantitative estimate of drug-likeness (QED) is 0.893. The largest absolute Gasteiger partial charge is 0.508 e. The number of aryl methyl sites for hydroxylation is 1. The number of amides is 1. The summed E-state index contributed by atoms with van der Waals surface area (Å²) in [5.41, 5.74) is 1.77. The van der Waals surface area contributed by atoms with Crippen molar-refractivity contribution in [1.82, 2.24) is 0 Å². The number of anilines is 1. The number of phenols is 1. The summed E-state index contributed by atoms with van der Waals surface area (Å²) in [6.45, 7) is 1.83. The number of hydrogen-bond acceptors (Lipinski definition) is 2. The molecule has 0 aliphatic rings. The molecule has 0 saturated carbocycles. The Hall–Kier alpha value is -1.71. The van der Waals surface area contributed by atoms with Crippen molar-refractivity contribution in [3.8, 4) is 5.75 Å². The minimum atomic E-state index is -0.291. The van der Waals surface area contributed by atoms with Gasteiger partial charge in [0.25, 0.3) is 0 Å². The highest BCUT2D eigenvalue weighted by Crippen LogP contribution is 2.33. The number of carbonyl (C=O) groups excluding carboxylic acids is 1. The highest BCUT2D eigenvalue weighted by molar-refractivity contribution is 6.40. The van der Waals surface area contributed by atoms with Gasteiger partial charge in [0.1, 0.15) is 5.75 Å². The fraction of sp³-hybridized carbons (Fsp3) is 0.133. The molecule has 0 aliphatic heterocycles. The van der Waals surface area contributed by atoms with E-state index >= 15 is 0 Å². The van der Waals surface area contributed by atoms with Gasteiger partial charge >= 0.3 is 0 Å². The van der Waals surface area contributed by atoms with Crippen molar-refractivity contribution in [2.75, 3.05) is 5.32 Å². The van der Waals surface area contributed by atoms with E-state index in [1.807, 2.05) is 6.92 Å². The van der Waals surface area contributed by atoms with Gasteiger partial charge in [0, 0.05) is 5.56 Å². The van der Waals surface area contributed by atoms with Crippen LogP contribution < -0.4 is 5.32 Å². The van der Waals surface area contributed by atoms with E-state index in [0.29, 0.717) is 21.3 Å². The predicted octanol–water partition coefficient (Wildman–Crippen LogP) is 4.19. The number of aromatic hydroxyl groups is 1. The molecule has 0 spiro atoms. The molecule has 3 nitrogen and oxygen atoms in total. The average molecular weight is 310 g/mol. The first-order valence-corrected chi connectivity index (χ1v) is 6.76. The van der Waals surface area contributed by atoms with Crippen molar-refractivity contribution >= 4 is 34.8 Å². The van der Waals surface area contributed by atoms with Crippen LogP contribution in [0.25, 0.3) is 0 Å². The summed E-state index contributed by atoms with van der Waals surface area (Å²) in [7, 11) is 0. The third kappa shape index (κ3) is 3.24. The molecule has 0 atom stereocenters. The van der Waals surface area contributed by atoms with Crippen molar-refractivity contribution in [2.24, 2.45) is 0 Å². The Balaban J connectivity index is 2.17. The summed E-state index contributed by atoms with van der Waals surface area (Å²) in [5, 5.41) is 13.1. The average Bonchev–Trinajstić information content (AvgIpc) is 2.42. The molecule has 2 aromatic rings. The van der Waals surface area contributed by atoms with Gasteiger partial charge < -0.3 is 10.4 Å². The van der Waals surface area contributed by atoms with Crippen LogP contribution in [-0.4, -0.2) is 11.0 Å². The van der Waals surface area contributed by atoms with Gasteiger partial charge in [-0.1, -0.05) is 47.5 Å². The molecule has 0 aliphatic carbocycles. The van der Waals surface area contributed by atoms with Gasteiger partial charge in [-0.05, 0) is 24.6 Å². The van der Waals surface area contributed by atoms with Crippen molar-refractivity contribution in [3.63, 3.8) is 0 Å². The van der Waals surface area contributed by atoms with E-state index in [9.17, 15) is 9.90 Å². The molecule has 0 bridgehead atoms. The first kappa shape index (κ1) is 14.7. The standard InChI is InChI=1S/C15H13Cl2NO2/c1-9-6-7-11(16)15(14(9)17)18-13(20)8-10-4-2-3-5-12(10)19/h2-7,19H,8H2,1H3,(H,18,20). The van der Waals surface area contributed by atoms with Gasteiger partial charge in [-0.15, -0.1) is 0 Å². The summed E-state index contributed by atoms with van der Waals surface area (Å²) in [5.74, 6) is -0.204. The number of halogens is 2. The zero-order valence-electron chi connectivity index (χ0n) is 10.8. The normalized spacial score (nSPS) is 10.3. The van der Waals surface area contributed by atoms with E-state index < -0.39 is 0 Å². The Morgan fingerprint density at radius 2 is 1.90 bits per heavy atom. The molecule has 0 aromatic heterocycles. The van der Waals surface area contributed by atoms with Crippen LogP contribution in [0.5, 0.6) is 5.75 Å². The van der Waals surface area contributed by atoms with Crippen LogP contribution in [0.15, 0.2) is 36.4 Å². The first-order valence-electron chi connectivity index (χ1n) is 6.00. The van der Waals surface area contributed by atoms with E-state index in [2.05, 4.69) is 5.32 Å². The molecule has 1 amide bonds. The maximum absolute atomic E-state index is 12.0. The SMILES string of the molecule is Cc1ccc(Cl)c(NC(=O)Cc2ccccc2O)c1Cl. The van der Waals surface area contributed by atoms with Gasteiger partial charge in [0.2, 0.25) is 5.91 Å². The Morgan fingerprint density at radius 1 is 1.20 bits per heavy atom. The van der Waals surface area contributed by atoms with Crippen LogP contribution in [0.3, 0.4) is 0 Å². The molecule has 2 N–H and O–H groups in total. The fourth-order valence-corrected chi connectivity index (χ4v) is 2.25. The first-order chi connectivity index (χ1) is 9.49. The smallest absolute Gasteiger partial charge is 0.229 e. The molecule has 0 saturated heterocycles. The molecule has 0 fully saturated rings. The van der Waals surface area contributed by atoms with Crippen LogP contribution in [0, 0.1) is 6.92 Å². The number of phenolic OH excluding ortho intramolecular Hbond substituents is 1.